The Kier molecular flexibility index (Phi) is 3.39. The van der Waals surface area contributed by atoms with E-state index < -0.39 is 21.7 Å². The highest BCUT2D eigenvalue weighted by atomic mass is 32.2. The van der Waals surface area contributed by atoms with Crippen LogP contribution >= 0.6 is 0 Å². The first-order chi connectivity index (χ1) is 8.49. The standard InChI is InChI=1S/C10H9F2N3O2S/c11-8-2-1-7(10(12)3-8)4-15-18(16,17)9-5-13-14-6-9/h1-3,5-6,15H,4H2,(H,13,14). The topological polar surface area (TPSA) is 74.8 Å². The number of aromatic amines is 1. The smallest absolute Gasteiger partial charge is 0.243 e. The second-order valence-electron chi connectivity index (χ2n) is 3.49. The Hall–Kier alpha value is -1.80. The van der Waals surface area contributed by atoms with E-state index in [4.69, 9.17) is 0 Å². The summed E-state index contributed by atoms with van der Waals surface area (Å²) in [6.07, 6.45) is 2.33. The van der Waals surface area contributed by atoms with Crippen molar-refractivity contribution in [1.82, 2.24) is 14.9 Å². The van der Waals surface area contributed by atoms with Gasteiger partial charge in [-0.1, -0.05) is 6.07 Å². The lowest BCUT2D eigenvalue weighted by atomic mass is 10.2. The summed E-state index contributed by atoms with van der Waals surface area (Å²) >= 11 is 0. The summed E-state index contributed by atoms with van der Waals surface area (Å²) in [5, 5.41) is 5.86. The van der Waals surface area contributed by atoms with E-state index in [0.717, 1.165) is 12.3 Å². The minimum absolute atomic E-state index is 0.0509. The van der Waals surface area contributed by atoms with Crippen LogP contribution in [0.25, 0.3) is 0 Å². The van der Waals surface area contributed by atoms with E-state index in [1.807, 2.05) is 0 Å². The lowest BCUT2D eigenvalue weighted by Gasteiger charge is -2.05. The van der Waals surface area contributed by atoms with Gasteiger partial charge in [-0.15, -0.1) is 0 Å². The molecule has 0 unspecified atom stereocenters. The quantitative estimate of drug-likeness (QED) is 0.878. The molecule has 0 aliphatic rings. The molecule has 96 valence electrons. The van der Waals surface area contributed by atoms with Crippen molar-refractivity contribution in [2.75, 3.05) is 0 Å². The molecule has 0 amide bonds. The highest BCUT2D eigenvalue weighted by molar-refractivity contribution is 7.89. The molecule has 0 spiro atoms. The van der Waals surface area contributed by atoms with E-state index in [1.54, 1.807) is 0 Å². The van der Waals surface area contributed by atoms with Crippen LogP contribution in [-0.4, -0.2) is 18.6 Å². The summed E-state index contributed by atoms with van der Waals surface area (Å²) in [5.74, 6) is -1.51. The van der Waals surface area contributed by atoms with E-state index in [1.165, 1.54) is 12.3 Å². The lowest BCUT2D eigenvalue weighted by molar-refractivity contribution is 0.562. The zero-order valence-corrected chi connectivity index (χ0v) is 9.84. The molecule has 0 atom stereocenters. The minimum Gasteiger partial charge on any atom is -0.284 e. The molecule has 1 heterocycles. The maximum atomic E-state index is 13.3. The number of sulfonamides is 1. The first kappa shape index (κ1) is 12.7. The molecule has 2 N–H and O–H groups in total. The molecule has 0 saturated heterocycles. The largest absolute Gasteiger partial charge is 0.284 e. The van der Waals surface area contributed by atoms with Crippen LogP contribution < -0.4 is 4.72 Å². The van der Waals surface area contributed by atoms with E-state index in [0.29, 0.717) is 6.07 Å². The van der Waals surface area contributed by atoms with Crippen LogP contribution in [0, 0.1) is 11.6 Å². The maximum Gasteiger partial charge on any atom is 0.243 e. The fraction of sp³-hybridized carbons (Fsp3) is 0.100. The average molecular weight is 273 g/mol. The summed E-state index contributed by atoms with van der Waals surface area (Å²) in [7, 11) is -3.75. The summed E-state index contributed by atoms with van der Waals surface area (Å²) in [5.41, 5.74) is 0.0588. The maximum absolute atomic E-state index is 13.3. The van der Waals surface area contributed by atoms with Crippen molar-refractivity contribution in [3.63, 3.8) is 0 Å². The van der Waals surface area contributed by atoms with Crippen molar-refractivity contribution < 1.29 is 17.2 Å². The van der Waals surface area contributed by atoms with Gasteiger partial charge in [-0.25, -0.2) is 21.9 Å². The second kappa shape index (κ2) is 4.83. The molecular formula is C10H9F2N3O2S. The first-order valence-electron chi connectivity index (χ1n) is 4.91. The molecule has 2 rings (SSSR count). The van der Waals surface area contributed by atoms with Crippen molar-refractivity contribution in [3.05, 3.63) is 47.8 Å². The molecule has 0 aliphatic heterocycles. The van der Waals surface area contributed by atoms with Gasteiger partial charge in [0.25, 0.3) is 0 Å². The number of aromatic nitrogens is 2. The van der Waals surface area contributed by atoms with E-state index in [9.17, 15) is 17.2 Å². The molecule has 1 aromatic heterocycles. The molecule has 18 heavy (non-hydrogen) atoms. The SMILES string of the molecule is O=S(=O)(NCc1ccc(F)cc1F)c1cn[nH]c1. The predicted molar refractivity (Wildman–Crippen MR) is 59.0 cm³/mol. The van der Waals surface area contributed by atoms with Gasteiger partial charge in [0.15, 0.2) is 0 Å². The van der Waals surface area contributed by atoms with Crippen LogP contribution in [0.5, 0.6) is 0 Å². The van der Waals surface area contributed by atoms with Gasteiger partial charge in [-0.05, 0) is 6.07 Å². The van der Waals surface area contributed by atoms with E-state index in [2.05, 4.69) is 14.9 Å². The van der Waals surface area contributed by atoms with Gasteiger partial charge >= 0.3 is 0 Å². The molecule has 0 aliphatic carbocycles. The minimum atomic E-state index is -3.75. The fourth-order valence-electron chi connectivity index (χ4n) is 1.31. The van der Waals surface area contributed by atoms with Crippen LogP contribution in [0.4, 0.5) is 8.78 Å². The van der Waals surface area contributed by atoms with Gasteiger partial charge in [-0.2, -0.15) is 5.10 Å². The zero-order valence-electron chi connectivity index (χ0n) is 9.02. The van der Waals surface area contributed by atoms with E-state index >= 15 is 0 Å². The number of H-pyrrole nitrogens is 1. The van der Waals surface area contributed by atoms with E-state index in [-0.39, 0.29) is 17.0 Å². The number of rotatable bonds is 4. The number of hydrogen-bond donors (Lipinski definition) is 2. The summed E-state index contributed by atoms with van der Waals surface area (Å²) < 4.78 is 51.5. The van der Waals surface area contributed by atoms with Gasteiger partial charge in [0, 0.05) is 24.4 Å². The summed E-state index contributed by atoms with van der Waals surface area (Å²) in [4.78, 5) is -0.0509. The Morgan fingerprint density at radius 1 is 1.33 bits per heavy atom. The zero-order chi connectivity index (χ0) is 13.2. The number of halogens is 2. The summed E-state index contributed by atoms with van der Waals surface area (Å²) in [6.45, 7) is -0.264. The Bertz CT molecular complexity index is 641. The molecule has 0 fully saturated rings. The van der Waals surface area contributed by atoms with Crippen LogP contribution in [-0.2, 0) is 16.6 Å². The Labute approximate surface area is 102 Å². The molecule has 0 radical (unpaired) electrons. The van der Waals surface area contributed by atoms with Gasteiger partial charge < -0.3 is 0 Å². The Morgan fingerprint density at radius 2 is 2.11 bits per heavy atom. The third kappa shape index (κ3) is 2.71. The molecule has 1 aromatic carbocycles. The van der Waals surface area contributed by atoms with Crippen molar-refractivity contribution in [2.24, 2.45) is 0 Å². The van der Waals surface area contributed by atoms with Crippen molar-refractivity contribution in [2.45, 2.75) is 11.4 Å². The number of benzene rings is 1. The number of nitrogens with one attached hydrogen (secondary N) is 2. The predicted octanol–water partition coefficient (Wildman–Crippen LogP) is 1.17. The second-order valence-corrected chi connectivity index (χ2v) is 5.26. The van der Waals surface area contributed by atoms with Gasteiger partial charge in [-0.3, -0.25) is 5.10 Å². The Morgan fingerprint density at radius 3 is 2.72 bits per heavy atom. The normalized spacial score (nSPS) is 11.7. The van der Waals surface area contributed by atoms with Crippen molar-refractivity contribution >= 4 is 10.0 Å². The van der Waals surface area contributed by atoms with Crippen LogP contribution in [0.3, 0.4) is 0 Å². The van der Waals surface area contributed by atoms with Crippen molar-refractivity contribution in [1.29, 1.82) is 0 Å². The average Bonchev–Trinajstić information content (AvgIpc) is 2.82. The lowest BCUT2D eigenvalue weighted by Crippen LogP contribution is -2.23. The summed E-state index contributed by atoms with van der Waals surface area (Å²) in [6, 6.07) is 2.94. The van der Waals surface area contributed by atoms with Crippen LogP contribution in [0.1, 0.15) is 5.56 Å². The molecule has 5 nitrogen and oxygen atoms in total. The monoisotopic (exact) mass is 273 g/mol. The van der Waals surface area contributed by atoms with Gasteiger partial charge in [0.2, 0.25) is 10.0 Å². The molecule has 2 aromatic rings. The number of hydrogen-bond acceptors (Lipinski definition) is 3. The third-order valence-electron chi connectivity index (χ3n) is 2.25. The third-order valence-corrected chi connectivity index (χ3v) is 3.62. The molecule has 8 heteroatoms. The van der Waals surface area contributed by atoms with Crippen LogP contribution in [0.15, 0.2) is 35.5 Å². The van der Waals surface area contributed by atoms with Gasteiger partial charge in [0.1, 0.15) is 16.5 Å². The number of nitrogens with zero attached hydrogens (tertiary/aromatic N) is 1. The highest BCUT2D eigenvalue weighted by Crippen LogP contribution is 2.11. The highest BCUT2D eigenvalue weighted by Gasteiger charge is 2.15. The van der Waals surface area contributed by atoms with Crippen LogP contribution in [0.2, 0.25) is 0 Å². The molecule has 0 bridgehead atoms. The Balaban J connectivity index is 2.13. The molecular weight excluding hydrogens is 264 g/mol. The van der Waals surface area contributed by atoms with Crippen molar-refractivity contribution in [3.8, 4) is 0 Å². The first-order valence-corrected chi connectivity index (χ1v) is 6.40. The fourth-order valence-corrected chi connectivity index (χ4v) is 2.22. The van der Waals surface area contributed by atoms with Gasteiger partial charge in [0.05, 0.1) is 6.20 Å². The molecule has 0 saturated carbocycles.